The van der Waals surface area contributed by atoms with E-state index in [0.29, 0.717) is 35.6 Å². The molecule has 238 valence electrons. The van der Waals surface area contributed by atoms with E-state index in [1.165, 1.54) is 21.8 Å². The number of piperidine rings is 1. The van der Waals surface area contributed by atoms with Gasteiger partial charge in [0.2, 0.25) is 6.23 Å². The lowest BCUT2D eigenvalue weighted by Gasteiger charge is -2.30. The topological polar surface area (TPSA) is 141 Å². The number of carbonyl (C=O) groups is 3. The average Bonchev–Trinajstić information content (AvgIpc) is 3.49. The third-order valence-electron chi connectivity index (χ3n) is 8.03. The Labute approximate surface area is 259 Å². The molecule has 3 fully saturated rings. The molecule has 3 aliphatic rings. The molecule has 14 heteroatoms. The molecule has 1 saturated carbocycles. The van der Waals surface area contributed by atoms with Crippen molar-refractivity contribution in [3.8, 4) is 11.1 Å². The smallest absolute Gasteiger partial charge is 0.416 e. The number of carbonyl (C=O) groups excluding carboxylic acids is 3. The molecule has 0 radical (unpaired) electrons. The molecule has 4 atom stereocenters. The quantitative estimate of drug-likeness (QED) is 0.396. The fourth-order valence-electron chi connectivity index (χ4n) is 6.08. The lowest BCUT2D eigenvalue weighted by atomic mass is 10.0. The van der Waals surface area contributed by atoms with Gasteiger partial charge in [0, 0.05) is 48.4 Å². The van der Waals surface area contributed by atoms with E-state index in [4.69, 9.17) is 14.2 Å². The molecule has 1 N–H and O–H groups in total. The first-order valence-corrected chi connectivity index (χ1v) is 14.7. The number of hydrogen-bond donors (Lipinski definition) is 1. The minimum absolute atomic E-state index is 0.103. The number of hydrogen-bond acceptors (Lipinski definition) is 9. The summed E-state index contributed by atoms with van der Waals surface area (Å²) >= 11 is 0. The van der Waals surface area contributed by atoms with Gasteiger partial charge in [-0.2, -0.15) is 0 Å². The maximum atomic E-state index is 15.4. The SMILES string of the molecule is CC(C)(C)OC(=O)NC1(c2ccc(-c3ccc(N4CC(n5ccnn5)OC4=O)cc3F)cn2)[C@@H]2CN(C(=O)OC(C)(C)C)C[C@@H]21. The highest BCUT2D eigenvalue weighted by atomic mass is 19.1. The zero-order chi connectivity index (χ0) is 32.3. The summed E-state index contributed by atoms with van der Waals surface area (Å²) < 4.78 is 33.3. The van der Waals surface area contributed by atoms with Gasteiger partial charge in [-0.25, -0.2) is 23.5 Å². The number of benzene rings is 1. The highest BCUT2D eigenvalue weighted by Gasteiger charge is 2.72. The molecular formula is C31H36FN7O6. The van der Waals surface area contributed by atoms with Crippen molar-refractivity contribution in [2.24, 2.45) is 11.8 Å². The molecule has 1 aliphatic carbocycles. The highest BCUT2D eigenvalue weighted by Crippen LogP contribution is 2.61. The number of likely N-dealkylation sites (tertiary alicyclic amines) is 1. The molecule has 3 aromatic rings. The fourth-order valence-corrected chi connectivity index (χ4v) is 6.08. The van der Waals surface area contributed by atoms with Gasteiger partial charge in [0.05, 0.1) is 29.7 Å². The molecule has 1 aromatic carbocycles. The lowest BCUT2D eigenvalue weighted by Crippen LogP contribution is -2.47. The first-order chi connectivity index (χ1) is 21.1. The molecule has 13 nitrogen and oxygen atoms in total. The number of ether oxygens (including phenoxy) is 3. The van der Waals surface area contributed by atoms with Crippen molar-refractivity contribution in [2.75, 3.05) is 24.5 Å². The van der Waals surface area contributed by atoms with E-state index in [2.05, 4.69) is 20.6 Å². The van der Waals surface area contributed by atoms with Gasteiger partial charge >= 0.3 is 18.3 Å². The van der Waals surface area contributed by atoms with Gasteiger partial charge < -0.3 is 24.4 Å². The monoisotopic (exact) mass is 621 g/mol. The maximum Gasteiger partial charge on any atom is 0.416 e. The third kappa shape index (κ3) is 5.88. The maximum absolute atomic E-state index is 15.4. The summed E-state index contributed by atoms with van der Waals surface area (Å²) in [6.45, 7) is 11.7. The Morgan fingerprint density at radius 2 is 1.73 bits per heavy atom. The van der Waals surface area contributed by atoms with Crippen LogP contribution < -0.4 is 10.2 Å². The van der Waals surface area contributed by atoms with Gasteiger partial charge in [0.15, 0.2) is 0 Å². The first kappa shape index (κ1) is 30.3. The molecule has 3 amide bonds. The number of pyridine rings is 1. The molecular weight excluding hydrogens is 585 g/mol. The third-order valence-corrected chi connectivity index (χ3v) is 8.03. The Morgan fingerprint density at radius 1 is 1.02 bits per heavy atom. The first-order valence-electron chi connectivity index (χ1n) is 14.7. The predicted octanol–water partition coefficient (Wildman–Crippen LogP) is 4.85. The summed E-state index contributed by atoms with van der Waals surface area (Å²) in [5.41, 5.74) is -0.444. The minimum Gasteiger partial charge on any atom is -0.444 e. The van der Waals surface area contributed by atoms with E-state index < -0.39 is 47.1 Å². The minimum atomic E-state index is -0.849. The fraction of sp³-hybridized carbons (Fsp3) is 0.484. The number of cyclic esters (lactones) is 1. The summed E-state index contributed by atoms with van der Waals surface area (Å²) in [7, 11) is 0. The van der Waals surface area contributed by atoms with Crippen molar-refractivity contribution in [1.82, 2.24) is 30.2 Å². The number of nitrogens with zero attached hydrogens (tertiary/aromatic N) is 6. The molecule has 2 aromatic heterocycles. The van der Waals surface area contributed by atoms with E-state index >= 15 is 4.39 Å². The number of alkyl carbamates (subject to hydrolysis) is 1. The summed E-state index contributed by atoms with van der Waals surface area (Å²) in [6.07, 6.45) is 2.35. The molecule has 6 rings (SSSR count). The second-order valence-corrected chi connectivity index (χ2v) is 13.5. The number of amides is 3. The van der Waals surface area contributed by atoms with E-state index in [0.717, 1.165) is 0 Å². The van der Waals surface area contributed by atoms with Gasteiger partial charge in [-0.3, -0.25) is 9.88 Å². The van der Waals surface area contributed by atoms with Crippen molar-refractivity contribution in [2.45, 2.75) is 64.5 Å². The number of aromatic nitrogens is 4. The van der Waals surface area contributed by atoms with Crippen LogP contribution in [0.1, 0.15) is 53.5 Å². The van der Waals surface area contributed by atoms with Crippen LogP contribution in [0.25, 0.3) is 11.1 Å². The van der Waals surface area contributed by atoms with Crippen molar-refractivity contribution < 1.29 is 33.0 Å². The van der Waals surface area contributed by atoms with E-state index in [9.17, 15) is 14.4 Å². The zero-order valence-corrected chi connectivity index (χ0v) is 26.0. The van der Waals surface area contributed by atoms with Crippen LogP contribution in [0.2, 0.25) is 0 Å². The van der Waals surface area contributed by atoms with Gasteiger partial charge in [-0.05, 0) is 65.8 Å². The second kappa shape index (κ2) is 10.7. The van der Waals surface area contributed by atoms with Crippen LogP contribution in [0.5, 0.6) is 0 Å². The molecule has 2 saturated heterocycles. The predicted molar refractivity (Wildman–Crippen MR) is 158 cm³/mol. The van der Waals surface area contributed by atoms with Crippen LogP contribution in [-0.4, -0.2) is 74.0 Å². The molecule has 0 spiro atoms. The molecule has 4 heterocycles. The Hall–Kier alpha value is -4.75. The number of nitrogens with one attached hydrogen (secondary N) is 1. The van der Waals surface area contributed by atoms with Crippen molar-refractivity contribution in [3.63, 3.8) is 0 Å². The van der Waals surface area contributed by atoms with Gasteiger partial charge in [-0.1, -0.05) is 11.3 Å². The Kier molecular flexibility index (Phi) is 7.20. The number of anilines is 1. The van der Waals surface area contributed by atoms with Gasteiger partial charge in [-0.15, -0.1) is 5.10 Å². The van der Waals surface area contributed by atoms with Crippen molar-refractivity contribution in [1.29, 1.82) is 0 Å². The lowest BCUT2D eigenvalue weighted by molar-refractivity contribution is 0.0248. The van der Waals surface area contributed by atoms with Crippen molar-refractivity contribution >= 4 is 24.0 Å². The summed E-state index contributed by atoms with van der Waals surface area (Å²) in [4.78, 5) is 45.8. The van der Waals surface area contributed by atoms with E-state index in [1.807, 2.05) is 20.8 Å². The van der Waals surface area contributed by atoms with Gasteiger partial charge in [0.25, 0.3) is 0 Å². The molecule has 2 unspecified atom stereocenters. The standard InChI is InChI=1S/C31H36FN7O6/c1-29(2,3)44-26(40)35-31(21-15-37(16-22(21)31)27(41)45-30(4,5)6)24-10-7-18(14-33-24)20-9-8-19(13-23(20)32)38-17-25(43-28(38)42)39-12-11-34-36-39/h7-14,21-22,25H,15-17H2,1-6H3,(H,35,40)/t21-,22+,25?,31?. The van der Waals surface area contributed by atoms with Crippen molar-refractivity contribution in [3.05, 3.63) is 60.4 Å². The summed E-state index contributed by atoms with van der Waals surface area (Å²) in [5.74, 6) is -0.751. The molecule has 0 bridgehead atoms. The summed E-state index contributed by atoms with van der Waals surface area (Å²) in [6, 6.07) is 7.99. The van der Waals surface area contributed by atoms with E-state index in [-0.39, 0.29) is 18.4 Å². The van der Waals surface area contributed by atoms with Crippen LogP contribution in [-0.2, 0) is 19.7 Å². The second-order valence-electron chi connectivity index (χ2n) is 13.5. The Bertz CT molecular complexity index is 1600. The average molecular weight is 622 g/mol. The number of rotatable bonds is 5. The number of fused-ring (bicyclic) bond motifs is 1. The number of halogens is 1. The zero-order valence-electron chi connectivity index (χ0n) is 26.0. The van der Waals surface area contributed by atoms with Crippen LogP contribution in [0.15, 0.2) is 48.9 Å². The van der Waals surface area contributed by atoms with Crippen LogP contribution in [0.4, 0.5) is 24.5 Å². The normalized spacial score (nSPS) is 24.2. The van der Waals surface area contributed by atoms with Crippen LogP contribution in [0, 0.1) is 17.7 Å². The van der Waals surface area contributed by atoms with Crippen LogP contribution >= 0.6 is 0 Å². The molecule has 2 aliphatic heterocycles. The van der Waals surface area contributed by atoms with E-state index in [1.54, 1.807) is 62.3 Å². The largest absolute Gasteiger partial charge is 0.444 e. The summed E-state index contributed by atoms with van der Waals surface area (Å²) in [5, 5.41) is 10.6. The molecule has 45 heavy (non-hydrogen) atoms. The Morgan fingerprint density at radius 3 is 2.31 bits per heavy atom. The Balaban J connectivity index is 1.21. The van der Waals surface area contributed by atoms with Gasteiger partial charge in [0.1, 0.15) is 17.0 Å². The highest BCUT2D eigenvalue weighted by molar-refractivity contribution is 5.90. The van der Waals surface area contributed by atoms with Crippen LogP contribution in [0.3, 0.4) is 0 Å².